The number of Topliss-reactive ketones (excluding diaryl/α,β-unsaturated/α-hetero) is 1. The van der Waals surface area contributed by atoms with Gasteiger partial charge in [-0.25, -0.2) is 4.72 Å². The van der Waals surface area contributed by atoms with Crippen LogP contribution in [0.5, 0.6) is 0 Å². The molecule has 0 aliphatic carbocycles. The van der Waals surface area contributed by atoms with Crippen LogP contribution in [0.1, 0.15) is 26.7 Å². The van der Waals surface area contributed by atoms with Gasteiger partial charge in [0.2, 0.25) is 11.8 Å². The summed E-state index contributed by atoms with van der Waals surface area (Å²) < 4.78 is 48.3. The molecule has 2 unspecified atom stereocenters. The Labute approximate surface area is 197 Å². The Kier molecular flexibility index (Phi) is 9.83. The summed E-state index contributed by atoms with van der Waals surface area (Å²) in [6.45, 7) is 3.13. The van der Waals surface area contributed by atoms with E-state index in [0.29, 0.717) is 10.8 Å². The van der Waals surface area contributed by atoms with Crippen LogP contribution >= 0.6 is 34.9 Å². The van der Waals surface area contributed by atoms with Crippen LogP contribution in [0.2, 0.25) is 4.34 Å². The van der Waals surface area contributed by atoms with E-state index in [1.54, 1.807) is 12.1 Å². The van der Waals surface area contributed by atoms with E-state index in [0.717, 1.165) is 4.21 Å². The third kappa shape index (κ3) is 7.08. The van der Waals surface area contributed by atoms with Crippen molar-refractivity contribution in [3.63, 3.8) is 0 Å². The van der Waals surface area contributed by atoms with Crippen LogP contribution < -0.4 is 10.0 Å². The molecule has 0 saturated carbocycles. The number of hydrogen-bond acceptors (Lipinski definition) is 7. The Morgan fingerprint density at radius 2 is 2.03 bits per heavy atom. The number of hydrogen-bond donors (Lipinski definition) is 2. The molecular formula is C19H25ClF3N3O4S2. The van der Waals surface area contributed by atoms with E-state index in [4.69, 9.17) is 16.3 Å². The molecule has 1 fully saturated rings. The first kappa shape index (κ1) is 26.9. The van der Waals surface area contributed by atoms with Crippen molar-refractivity contribution in [3.8, 4) is 0 Å². The van der Waals surface area contributed by atoms with E-state index in [2.05, 4.69) is 10.0 Å². The Morgan fingerprint density at radius 3 is 2.56 bits per heavy atom. The first-order chi connectivity index (χ1) is 15.0. The standard InChI is InChI=1S/C19H25ClF3N3O4S2/c1-10(2)15(16(27)19(21,22)23)24-17(28)12-5-4-8-26(12)18(29)11(9-30-3)25-32-14-7-6-13(20)31-14/h6-7,10-12,15,25H,4-5,8-9H2,1-3H3,(H,24,28)/t11-,12?,15?/m0/s1. The molecular weight excluding hydrogens is 491 g/mol. The highest BCUT2D eigenvalue weighted by molar-refractivity contribution is 7.99. The number of ketones is 1. The smallest absolute Gasteiger partial charge is 0.382 e. The minimum absolute atomic E-state index is 0.0248. The largest absolute Gasteiger partial charge is 0.452 e. The van der Waals surface area contributed by atoms with Crippen molar-refractivity contribution < 1.29 is 32.3 Å². The average Bonchev–Trinajstić information content (AvgIpc) is 3.36. The number of methoxy groups -OCH3 is 1. The molecule has 3 atom stereocenters. The lowest BCUT2D eigenvalue weighted by Crippen LogP contribution is -2.57. The van der Waals surface area contributed by atoms with Crippen LogP contribution in [0.4, 0.5) is 13.2 Å². The molecule has 0 radical (unpaired) electrons. The fourth-order valence-corrected chi connectivity index (χ4v) is 5.33. The van der Waals surface area contributed by atoms with E-state index in [-0.39, 0.29) is 19.6 Å². The van der Waals surface area contributed by atoms with Gasteiger partial charge in [0.15, 0.2) is 0 Å². The van der Waals surface area contributed by atoms with Crippen LogP contribution in [-0.4, -0.2) is 67.1 Å². The number of alkyl halides is 3. The van der Waals surface area contributed by atoms with Crippen molar-refractivity contribution in [3.05, 3.63) is 16.5 Å². The van der Waals surface area contributed by atoms with Crippen LogP contribution in [0.3, 0.4) is 0 Å². The second-order valence-corrected chi connectivity index (χ2v) is 10.4. The molecule has 2 heterocycles. The second kappa shape index (κ2) is 11.7. The Hall–Kier alpha value is -1.34. The van der Waals surface area contributed by atoms with E-state index in [1.807, 2.05) is 0 Å². The van der Waals surface area contributed by atoms with Gasteiger partial charge < -0.3 is 15.0 Å². The molecule has 0 aromatic carbocycles. The Balaban J connectivity index is 2.09. The molecule has 0 spiro atoms. The molecule has 0 bridgehead atoms. The summed E-state index contributed by atoms with van der Waals surface area (Å²) in [6.07, 6.45) is -4.27. The van der Waals surface area contributed by atoms with Crippen molar-refractivity contribution in [1.29, 1.82) is 0 Å². The first-order valence-electron chi connectivity index (χ1n) is 9.84. The molecule has 1 saturated heterocycles. The predicted octanol–water partition coefficient (Wildman–Crippen LogP) is 3.28. The van der Waals surface area contributed by atoms with Gasteiger partial charge in [0, 0.05) is 13.7 Å². The quantitative estimate of drug-likeness (QED) is 0.465. The van der Waals surface area contributed by atoms with Crippen LogP contribution in [0.25, 0.3) is 0 Å². The minimum Gasteiger partial charge on any atom is -0.382 e. The molecule has 2 N–H and O–H groups in total. The Bertz CT molecular complexity index is 822. The topological polar surface area (TPSA) is 87.7 Å². The average molecular weight is 516 g/mol. The van der Waals surface area contributed by atoms with Crippen LogP contribution in [0.15, 0.2) is 16.3 Å². The Morgan fingerprint density at radius 1 is 1.34 bits per heavy atom. The number of nitrogens with zero attached hydrogens (tertiary/aromatic N) is 1. The zero-order valence-electron chi connectivity index (χ0n) is 17.7. The molecule has 32 heavy (non-hydrogen) atoms. The summed E-state index contributed by atoms with van der Waals surface area (Å²) in [4.78, 5) is 38.9. The molecule has 1 aromatic rings. The molecule has 7 nitrogen and oxygen atoms in total. The predicted molar refractivity (Wildman–Crippen MR) is 117 cm³/mol. The van der Waals surface area contributed by atoms with Crippen LogP contribution in [0, 0.1) is 5.92 Å². The summed E-state index contributed by atoms with van der Waals surface area (Å²) in [7, 11) is 1.43. The molecule has 180 valence electrons. The van der Waals surface area contributed by atoms with Gasteiger partial charge in [-0.2, -0.15) is 13.2 Å². The lowest BCUT2D eigenvalue weighted by Gasteiger charge is -2.30. The van der Waals surface area contributed by atoms with Crippen molar-refractivity contribution in [2.75, 3.05) is 20.3 Å². The molecule has 13 heteroatoms. The highest BCUT2D eigenvalue weighted by atomic mass is 35.5. The van der Waals surface area contributed by atoms with Crippen molar-refractivity contribution in [1.82, 2.24) is 14.9 Å². The van der Waals surface area contributed by atoms with Gasteiger partial charge in [-0.1, -0.05) is 25.4 Å². The fraction of sp³-hybridized carbons (Fsp3) is 0.632. The summed E-state index contributed by atoms with van der Waals surface area (Å²) in [5.41, 5.74) is 0. The number of nitrogens with one attached hydrogen (secondary N) is 2. The third-order valence-corrected chi connectivity index (χ3v) is 7.11. The van der Waals surface area contributed by atoms with Gasteiger partial charge in [0.25, 0.3) is 5.78 Å². The zero-order valence-corrected chi connectivity index (χ0v) is 20.1. The maximum Gasteiger partial charge on any atom is 0.452 e. The normalized spacial score (nSPS) is 18.6. The van der Waals surface area contributed by atoms with E-state index in [1.165, 1.54) is 49.1 Å². The maximum atomic E-state index is 13.1. The van der Waals surface area contributed by atoms with Gasteiger partial charge in [-0.05, 0) is 42.8 Å². The van der Waals surface area contributed by atoms with Crippen molar-refractivity contribution >= 4 is 52.5 Å². The van der Waals surface area contributed by atoms with Crippen LogP contribution in [-0.2, 0) is 19.1 Å². The SMILES string of the molecule is COC[C@H](NSc1ccc(Cl)s1)C(=O)N1CCCC1C(=O)NC(C(=O)C(F)(F)F)C(C)C. The number of thiophene rings is 1. The van der Waals surface area contributed by atoms with Crippen molar-refractivity contribution in [2.45, 2.75) is 55.2 Å². The number of rotatable bonds is 10. The van der Waals surface area contributed by atoms with Gasteiger partial charge in [0.05, 0.1) is 21.2 Å². The summed E-state index contributed by atoms with van der Waals surface area (Å²) in [5.74, 6) is -3.97. The molecule has 2 amide bonds. The monoisotopic (exact) mass is 515 g/mol. The van der Waals surface area contributed by atoms with Gasteiger partial charge in [-0.3, -0.25) is 14.4 Å². The van der Waals surface area contributed by atoms with E-state index >= 15 is 0 Å². The fourth-order valence-electron chi connectivity index (χ4n) is 3.27. The lowest BCUT2D eigenvalue weighted by molar-refractivity contribution is -0.175. The molecule has 1 aliphatic heterocycles. The second-order valence-electron chi connectivity index (χ2n) is 7.57. The van der Waals surface area contributed by atoms with Gasteiger partial charge in [0.1, 0.15) is 12.1 Å². The van der Waals surface area contributed by atoms with E-state index < -0.39 is 47.8 Å². The maximum absolute atomic E-state index is 13.1. The number of carbonyl (C=O) groups is 3. The zero-order chi connectivity index (χ0) is 24.1. The minimum atomic E-state index is -5.07. The summed E-state index contributed by atoms with van der Waals surface area (Å²) >= 11 is 8.43. The number of halogens is 4. The van der Waals surface area contributed by atoms with E-state index in [9.17, 15) is 27.6 Å². The highest BCUT2D eigenvalue weighted by Crippen LogP contribution is 2.29. The molecule has 2 rings (SSSR count). The molecule has 1 aromatic heterocycles. The number of likely N-dealkylation sites (tertiary alicyclic amines) is 1. The molecule has 1 aliphatic rings. The number of ether oxygens (including phenoxy) is 1. The summed E-state index contributed by atoms with van der Waals surface area (Å²) in [5, 5.41) is 2.21. The number of carbonyl (C=O) groups excluding carboxylic acids is 3. The highest BCUT2D eigenvalue weighted by Gasteiger charge is 2.46. The summed E-state index contributed by atoms with van der Waals surface area (Å²) in [6, 6.07) is 0.0306. The van der Waals surface area contributed by atoms with Crippen molar-refractivity contribution in [2.24, 2.45) is 5.92 Å². The number of amides is 2. The first-order valence-corrected chi connectivity index (χ1v) is 11.8. The lowest BCUT2D eigenvalue weighted by atomic mass is 9.98. The third-order valence-electron chi connectivity index (χ3n) is 4.85. The van der Waals surface area contributed by atoms with Gasteiger partial charge in [-0.15, -0.1) is 11.3 Å². The van der Waals surface area contributed by atoms with Gasteiger partial charge >= 0.3 is 6.18 Å².